The summed E-state index contributed by atoms with van der Waals surface area (Å²) in [7, 11) is -3.85. The summed E-state index contributed by atoms with van der Waals surface area (Å²) in [5, 5.41) is 10.2. The largest absolute Gasteiger partial charge is 0.462 e. The number of carbonyl (C=O) groups is 4. The van der Waals surface area contributed by atoms with Crippen LogP contribution in [0.15, 0.2) is 88.4 Å². The van der Waals surface area contributed by atoms with Crippen molar-refractivity contribution in [3.8, 4) is 0 Å². The normalized spacial score (nSPS) is 13.5. The van der Waals surface area contributed by atoms with Gasteiger partial charge in [0.1, 0.15) is 10.7 Å². The molecular weight excluding hydrogens is 548 g/mol. The van der Waals surface area contributed by atoms with E-state index in [4.69, 9.17) is 21.5 Å². The Labute approximate surface area is 228 Å². The van der Waals surface area contributed by atoms with Crippen molar-refractivity contribution < 1.29 is 32.3 Å². The zero-order valence-electron chi connectivity index (χ0n) is 20.3. The number of benzene rings is 3. The van der Waals surface area contributed by atoms with E-state index in [0.717, 1.165) is 4.90 Å². The lowest BCUT2D eigenvalue weighted by molar-refractivity contribution is -0.120. The van der Waals surface area contributed by atoms with Crippen LogP contribution in [0.1, 0.15) is 27.6 Å². The molecule has 0 unspecified atom stereocenters. The third-order valence-electron chi connectivity index (χ3n) is 5.52. The van der Waals surface area contributed by atoms with Crippen LogP contribution in [0.5, 0.6) is 0 Å². The second kappa shape index (κ2) is 11.1. The number of esters is 1. The molecule has 4 rings (SSSR count). The lowest BCUT2D eigenvalue weighted by Crippen LogP contribution is -2.32. The number of rotatable bonds is 8. The van der Waals surface area contributed by atoms with E-state index in [-0.39, 0.29) is 39.0 Å². The molecule has 0 radical (unpaired) electrons. The maximum Gasteiger partial charge on any atom is 0.338 e. The molecule has 3 amide bonds. The van der Waals surface area contributed by atoms with Gasteiger partial charge in [-0.15, -0.1) is 0 Å². The molecule has 11 nitrogen and oxygen atoms in total. The minimum atomic E-state index is -3.85. The van der Waals surface area contributed by atoms with Gasteiger partial charge in [0, 0.05) is 16.9 Å². The van der Waals surface area contributed by atoms with Crippen LogP contribution in [0, 0.1) is 0 Å². The first kappa shape index (κ1) is 27.5. The lowest BCUT2D eigenvalue weighted by Gasteiger charge is -2.15. The van der Waals surface area contributed by atoms with Crippen LogP contribution in [0.4, 0.5) is 17.1 Å². The summed E-state index contributed by atoms with van der Waals surface area (Å²) in [4.78, 5) is 50.9. The van der Waals surface area contributed by atoms with E-state index in [9.17, 15) is 27.6 Å². The fourth-order valence-corrected chi connectivity index (χ4v) is 4.32. The van der Waals surface area contributed by atoms with Gasteiger partial charge in [0.05, 0.1) is 22.8 Å². The monoisotopic (exact) mass is 568 g/mol. The summed E-state index contributed by atoms with van der Waals surface area (Å²) in [5.41, 5.74) is 1.35. The highest BCUT2D eigenvalue weighted by Gasteiger charge is 2.39. The van der Waals surface area contributed by atoms with Crippen molar-refractivity contribution in [3.05, 3.63) is 94.7 Å². The van der Waals surface area contributed by atoms with Crippen molar-refractivity contribution in [2.45, 2.75) is 11.8 Å². The number of anilines is 3. The highest BCUT2D eigenvalue weighted by Crippen LogP contribution is 2.30. The standard InChI is InChI=1S/C26H21ClN4O7S/c1-2-38-26(35)16-5-11-19(12-6-16)31-24(33)21(27)22(25(31)34)29-17-7-3-15(4-8-17)23(32)30-18-9-13-20(14-10-18)39(28,36)37/h3-14,29H,2H2,1H3,(H,30,32)(H2,28,36,37). The molecule has 0 spiro atoms. The second-order valence-electron chi connectivity index (χ2n) is 8.13. The van der Waals surface area contributed by atoms with E-state index in [1.807, 2.05) is 0 Å². The number of ether oxygens (including phenoxy) is 1. The number of hydrogen-bond donors (Lipinski definition) is 3. The van der Waals surface area contributed by atoms with Gasteiger partial charge in [-0.2, -0.15) is 0 Å². The van der Waals surface area contributed by atoms with Gasteiger partial charge in [-0.05, 0) is 79.7 Å². The Morgan fingerprint density at radius 3 is 2.00 bits per heavy atom. The number of primary sulfonamides is 1. The van der Waals surface area contributed by atoms with Gasteiger partial charge in [-0.25, -0.2) is 23.3 Å². The Morgan fingerprint density at radius 2 is 1.44 bits per heavy atom. The first-order chi connectivity index (χ1) is 18.5. The molecule has 0 saturated carbocycles. The first-order valence-corrected chi connectivity index (χ1v) is 13.3. The third-order valence-corrected chi connectivity index (χ3v) is 6.80. The smallest absolute Gasteiger partial charge is 0.338 e. The molecule has 0 saturated heterocycles. The molecule has 1 heterocycles. The number of nitrogens with one attached hydrogen (secondary N) is 2. The average molecular weight is 569 g/mol. The lowest BCUT2D eigenvalue weighted by atomic mass is 10.2. The molecule has 3 aromatic carbocycles. The Bertz CT molecular complexity index is 1600. The number of hydrogen-bond acceptors (Lipinski definition) is 8. The van der Waals surface area contributed by atoms with Crippen LogP contribution in [0.3, 0.4) is 0 Å². The number of carbonyl (C=O) groups excluding carboxylic acids is 4. The molecule has 0 aliphatic carbocycles. The van der Waals surface area contributed by atoms with E-state index in [0.29, 0.717) is 11.4 Å². The van der Waals surface area contributed by atoms with Gasteiger partial charge in [-0.3, -0.25) is 14.4 Å². The predicted molar refractivity (Wildman–Crippen MR) is 144 cm³/mol. The highest BCUT2D eigenvalue weighted by molar-refractivity contribution is 7.89. The van der Waals surface area contributed by atoms with E-state index in [2.05, 4.69) is 10.6 Å². The van der Waals surface area contributed by atoms with Crippen LogP contribution in [0.2, 0.25) is 0 Å². The number of halogens is 1. The molecule has 4 N–H and O–H groups in total. The van der Waals surface area contributed by atoms with Crippen molar-refractivity contribution in [2.75, 3.05) is 22.1 Å². The molecule has 0 bridgehead atoms. The fraction of sp³-hybridized carbons (Fsp3) is 0.0769. The number of nitrogens with zero attached hydrogens (tertiary/aromatic N) is 1. The number of amides is 3. The minimum absolute atomic E-state index is 0.0870. The highest BCUT2D eigenvalue weighted by atomic mass is 35.5. The molecular formula is C26H21ClN4O7S. The fourth-order valence-electron chi connectivity index (χ4n) is 3.59. The van der Waals surface area contributed by atoms with Crippen LogP contribution in [-0.2, 0) is 24.3 Å². The Kier molecular flexibility index (Phi) is 7.81. The van der Waals surface area contributed by atoms with Crippen molar-refractivity contribution in [1.29, 1.82) is 0 Å². The van der Waals surface area contributed by atoms with E-state index < -0.39 is 33.7 Å². The molecule has 39 heavy (non-hydrogen) atoms. The van der Waals surface area contributed by atoms with Crippen molar-refractivity contribution in [1.82, 2.24) is 0 Å². The molecule has 3 aromatic rings. The topological polar surface area (TPSA) is 165 Å². The van der Waals surface area contributed by atoms with Crippen LogP contribution >= 0.6 is 11.6 Å². The molecule has 0 fully saturated rings. The van der Waals surface area contributed by atoms with Gasteiger partial charge < -0.3 is 15.4 Å². The van der Waals surface area contributed by atoms with Gasteiger partial charge >= 0.3 is 5.97 Å². The van der Waals surface area contributed by atoms with Gasteiger partial charge in [0.25, 0.3) is 17.7 Å². The predicted octanol–water partition coefficient (Wildman–Crippen LogP) is 3.20. The van der Waals surface area contributed by atoms with Crippen molar-refractivity contribution >= 4 is 62.4 Å². The summed E-state index contributed by atoms with van der Waals surface area (Å²) >= 11 is 6.17. The van der Waals surface area contributed by atoms with Crippen molar-refractivity contribution in [3.63, 3.8) is 0 Å². The summed E-state index contributed by atoms with van der Waals surface area (Å²) in [6.45, 7) is 1.89. The Balaban J connectivity index is 1.43. The summed E-state index contributed by atoms with van der Waals surface area (Å²) in [6, 6.07) is 17.1. The summed E-state index contributed by atoms with van der Waals surface area (Å²) in [6.07, 6.45) is 0. The van der Waals surface area contributed by atoms with E-state index in [1.165, 1.54) is 72.8 Å². The molecule has 13 heteroatoms. The quantitative estimate of drug-likeness (QED) is 0.275. The number of sulfonamides is 1. The van der Waals surface area contributed by atoms with Gasteiger partial charge in [0.2, 0.25) is 10.0 Å². The Morgan fingerprint density at radius 1 is 0.872 bits per heavy atom. The van der Waals surface area contributed by atoms with Crippen LogP contribution < -0.4 is 20.7 Å². The van der Waals surface area contributed by atoms with Crippen LogP contribution in [0.25, 0.3) is 0 Å². The maximum atomic E-state index is 13.0. The zero-order chi connectivity index (χ0) is 28.3. The van der Waals surface area contributed by atoms with Gasteiger partial charge in [0.15, 0.2) is 0 Å². The second-order valence-corrected chi connectivity index (χ2v) is 10.1. The van der Waals surface area contributed by atoms with Gasteiger partial charge in [-0.1, -0.05) is 11.6 Å². The molecule has 1 aliphatic heterocycles. The summed E-state index contributed by atoms with van der Waals surface area (Å²) < 4.78 is 27.7. The molecule has 0 atom stereocenters. The molecule has 0 aromatic heterocycles. The maximum absolute atomic E-state index is 13.0. The average Bonchev–Trinajstić information content (AvgIpc) is 3.12. The minimum Gasteiger partial charge on any atom is -0.462 e. The number of imide groups is 1. The van der Waals surface area contributed by atoms with Crippen molar-refractivity contribution in [2.24, 2.45) is 5.14 Å². The number of nitrogens with two attached hydrogens (primary N) is 1. The SMILES string of the molecule is CCOC(=O)c1ccc(N2C(=O)C(Cl)=C(Nc3ccc(C(=O)Nc4ccc(S(N)(=O)=O)cc4)cc3)C2=O)cc1. The summed E-state index contributed by atoms with van der Waals surface area (Å²) in [5.74, 6) is -2.43. The van der Waals surface area contributed by atoms with E-state index >= 15 is 0 Å². The zero-order valence-corrected chi connectivity index (χ0v) is 21.9. The van der Waals surface area contributed by atoms with E-state index in [1.54, 1.807) is 6.92 Å². The third kappa shape index (κ3) is 5.98. The molecule has 200 valence electrons. The Hall–Kier alpha value is -4.52. The first-order valence-electron chi connectivity index (χ1n) is 11.4. The van der Waals surface area contributed by atoms with Crippen LogP contribution in [-0.4, -0.2) is 38.7 Å². The molecule has 1 aliphatic rings.